The largest absolute Gasteiger partial charge is 0.453 e. The number of primary amides is 1. The molecular weight excluding hydrogens is 746 g/mol. The van der Waals surface area contributed by atoms with Crippen molar-refractivity contribution in [3.05, 3.63) is 107 Å². The summed E-state index contributed by atoms with van der Waals surface area (Å²) in [6, 6.07) is 18.2. The molecule has 1 aliphatic carbocycles. The monoisotopic (exact) mass is 799 g/mol. The molecule has 304 valence electrons. The van der Waals surface area contributed by atoms with Gasteiger partial charge in [0.25, 0.3) is 0 Å². The van der Waals surface area contributed by atoms with Crippen LogP contribution in [0.5, 0.6) is 0 Å². The number of nitrogens with two attached hydrogens (primary N) is 1. The molecule has 3 N–H and O–H groups in total. The zero-order valence-corrected chi connectivity index (χ0v) is 34.1. The van der Waals surface area contributed by atoms with Crippen molar-refractivity contribution >= 4 is 27.5 Å². The third-order valence-corrected chi connectivity index (χ3v) is 14.3. The number of hydrogen-bond donors (Lipinski definition) is 2. The van der Waals surface area contributed by atoms with Gasteiger partial charge in [0.15, 0.2) is 0 Å². The van der Waals surface area contributed by atoms with Crippen molar-refractivity contribution in [3.8, 4) is 0 Å². The molecule has 2 aliphatic heterocycles. The number of anilines is 1. The molecule has 1 unspecified atom stereocenters. The Morgan fingerprint density at radius 3 is 2.39 bits per heavy atom. The highest BCUT2D eigenvalue weighted by Gasteiger charge is 2.54. The lowest BCUT2D eigenvalue weighted by atomic mass is 9.64. The highest BCUT2D eigenvalue weighted by Crippen LogP contribution is 2.52. The van der Waals surface area contributed by atoms with E-state index in [1.165, 1.54) is 37.4 Å². The fourth-order valence-corrected chi connectivity index (χ4v) is 11.3. The van der Waals surface area contributed by atoms with Crippen LogP contribution in [0.15, 0.2) is 88.9 Å². The number of alkyl carbamates (subject to hydrolysis) is 1. The molecule has 1 saturated carbocycles. The van der Waals surface area contributed by atoms with Crippen molar-refractivity contribution in [2.24, 2.45) is 23.5 Å². The number of aryl methyl sites for hydroxylation is 1. The van der Waals surface area contributed by atoms with E-state index >= 15 is 4.39 Å². The number of halogens is 1. The molecule has 3 fully saturated rings. The number of hydrogen-bond acceptors (Lipinski definition) is 9. The number of piperidine rings is 1. The number of methoxy groups -OCH3 is 1. The molecule has 14 heteroatoms. The number of nitrogens with zero attached hydrogens (tertiary/aromatic N) is 5. The van der Waals surface area contributed by atoms with Gasteiger partial charge in [-0.15, -0.1) is 0 Å². The summed E-state index contributed by atoms with van der Waals surface area (Å²) < 4.78 is 50.0. The van der Waals surface area contributed by atoms with Gasteiger partial charge in [0.1, 0.15) is 11.6 Å². The summed E-state index contributed by atoms with van der Waals surface area (Å²) >= 11 is 0. The van der Waals surface area contributed by atoms with Crippen LogP contribution in [0.3, 0.4) is 0 Å². The van der Waals surface area contributed by atoms with E-state index in [0.717, 1.165) is 81.9 Å². The van der Waals surface area contributed by atoms with Gasteiger partial charge in [-0.3, -0.25) is 4.79 Å². The van der Waals surface area contributed by atoms with E-state index in [2.05, 4.69) is 24.7 Å². The maximum atomic E-state index is 15.1. The Morgan fingerprint density at radius 2 is 1.75 bits per heavy atom. The van der Waals surface area contributed by atoms with Crippen LogP contribution in [0.25, 0.3) is 0 Å². The SMILES string of the molecule is COC(=O)N[C@H]1CCC[C@@H]1C(c1cccc(F)c1)(C1CCN(CC2CN(c3ccc(S(=O)(=O)c4ccc(C(N)=O)cc4)c(CN(C)C)c3)C2)CC1)n1ccnc1C. The highest BCUT2D eigenvalue weighted by atomic mass is 32.2. The van der Waals surface area contributed by atoms with Crippen LogP contribution < -0.4 is 16.0 Å². The van der Waals surface area contributed by atoms with Gasteiger partial charge >= 0.3 is 6.09 Å². The molecule has 2 saturated heterocycles. The van der Waals surface area contributed by atoms with Gasteiger partial charge in [0, 0.05) is 67.7 Å². The Hall–Kier alpha value is -4.79. The Balaban J connectivity index is 1.06. The summed E-state index contributed by atoms with van der Waals surface area (Å²) in [4.78, 5) is 36.0. The van der Waals surface area contributed by atoms with E-state index in [9.17, 15) is 18.0 Å². The minimum Gasteiger partial charge on any atom is -0.453 e. The van der Waals surface area contributed by atoms with Crippen molar-refractivity contribution in [3.63, 3.8) is 0 Å². The van der Waals surface area contributed by atoms with Crippen LogP contribution in [0.4, 0.5) is 14.9 Å². The molecule has 1 aromatic heterocycles. The second kappa shape index (κ2) is 16.6. The standard InChI is InChI=1S/C43H54FN7O5S/c1-29-46-19-22-51(29)43(34-7-5-8-35(44)24-34,38-9-6-10-39(38)47-42(53)56-4)33-17-20-49(21-18-33)25-30-26-50(27-30)36-13-16-40(32(23-36)28-48(2)3)57(54,55)37-14-11-31(12-15-37)41(45)52/h5,7-8,11-16,19,22-24,30,33,38-39H,6,9-10,17-18,20-21,25-28H2,1-4H3,(H2,45,52)(H,47,53)/t38-,39-,43?/m0/s1. The molecule has 12 nitrogen and oxygen atoms in total. The number of sulfone groups is 1. The van der Waals surface area contributed by atoms with E-state index in [1.54, 1.807) is 18.2 Å². The Kier molecular flexibility index (Phi) is 11.8. The van der Waals surface area contributed by atoms with Crippen LogP contribution >= 0.6 is 0 Å². The zero-order chi connectivity index (χ0) is 40.5. The first-order valence-electron chi connectivity index (χ1n) is 19.8. The average Bonchev–Trinajstić information content (AvgIpc) is 3.82. The number of ether oxygens (including phenoxy) is 1. The fraction of sp³-hybridized carbons (Fsp3) is 0.465. The average molecular weight is 800 g/mol. The maximum Gasteiger partial charge on any atom is 0.407 e. The molecule has 4 aromatic rings. The predicted octanol–water partition coefficient (Wildman–Crippen LogP) is 5.44. The third-order valence-electron chi connectivity index (χ3n) is 12.4. The second-order valence-electron chi connectivity index (χ2n) is 16.2. The van der Waals surface area contributed by atoms with Crippen LogP contribution in [-0.2, 0) is 26.7 Å². The lowest BCUT2D eigenvalue weighted by Crippen LogP contribution is -2.58. The first-order chi connectivity index (χ1) is 27.3. The van der Waals surface area contributed by atoms with E-state index in [1.807, 2.05) is 56.5 Å². The van der Waals surface area contributed by atoms with Crippen LogP contribution in [0.2, 0.25) is 0 Å². The smallest absolute Gasteiger partial charge is 0.407 e. The van der Waals surface area contributed by atoms with Gasteiger partial charge in [0.05, 0.1) is 22.4 Å². The molecular formula is C43H54FN7O5S. The third kappa shape index (κ3) is 8.04. The maximum absolute atomic E-state index is 15.1. The van der Waals surface area contributed by atoms with E-state index in [-0.39, 0.29) is 39.0 Å². The summed E-state index contributed by atoms with van der Waals surface area (Å²) in [6.07, 6.45) is 7.86. The summed E-state index contributed by atoms with van der Waals surface area (Å²) in [6.45, 7) is 6.93. The van der Waals surface area contributed by atoms with Gasteiger partial charge in [-0.05, 0) is 131 Å². The Labute approximate surface area is 335 Å². The lowest BCUT2D eigenvalue weighted by Gasteiger charge is -2.52. The highest BCUT2D eigenvalue weighted by molar-refractivity contribution is 7.91. The number of carbonyl (C=O) groups is 2. The topological polar surface area (TPSA) is 143 Å². The van der Waals surface area contributed by atoms with Crippen LogP contribution in [-0.4, -0.2) is 99.7 Å². The molecule has 7 rings (SSSR count). The molecule has 3 aliphatic rings. The minimum absolute atomic E-state index is 0.00387. The Bertz CT molecular complexity index is 2180. The number of aromatic nitrogens is 2. The number of imidazole rings is 1. The van der Waals surface area contributed by atoms with E-state index < -0.39 is 27.4 Å². The fourth-order valence-electron chi connectivity index (χ4n) is 9.87. The van der Waals surface area contributed by atoms with Crippen LogP contribution in [0, 0.1) is 30.5 Å². The van der Waals surface area contributed by atoms with Crippen molar-refractivity contribution in [2.75, 3.05) is 58.8 Å². The predicted molar refractivity (Wildman–Crippen MR) is 216 cm³/mol. The summed E-state index contributed by atoms with van der Waals surface area (Å²) in [7, 11) is 1.38. The number of likely N-dealkylation sites (tertiary alicyclic amines) is 1. The molecule has 0 radical (unpaired) electrons. The van der Waals surface area contributed by atoms with Crippen molar-refractivity contribution in [2.45, 2.75) is 66.9 Å². The number of nitrogens with one attached hydrogen (secondary N) is 1. The molecule has 3 heterocycles. The molecule has 0 spiro atoms. The second-order valence-corrected chi connectivity index (χ2v) is 18.1. The van der Waals surface area contributed by atoms with Crippen molar-refractivity contribution < 1.29 is 27.1 Å². The van der Waals surface area contributed by atoms with E-state index in [4.69, 9.17) is 10.5 Å². The first-order valence-corrected chi connectivity index (χ1v) is 21.3. The quantitative estimate of drug-likeness (QED) is 0.181. The normalized spacial score (nSPS) is 20.6. The molecule has 3 atom stereocenters. The lowest BCUT2D eigenvalue weighted by molar-refractivity contribution is 0.0457. The van der Waals surface area contributed by atoms with Gasteiger partial charge in [-0.25, -0.2) is 22.6 Å². The number of carbonyl (C=O) groups excluding carboxylic acids is 2. The van der Waals surface area contributed by atoms with Crippen molar-refractivity contribution in [1.82, 2.24) is 24.7 Å². The van der Waals surface area contributed by atoms with Crippen LogP contribution in [0.1, 0.15) is 59.4 Å². The van der Waals surface area contributed by atoms with Gasteiger partial charge in [0.2, 0.25) is 15.7 Å². The molecule has 2 amide bonds. The molecule has 3 aromatic carbocycles. The summed E-state index contributed by atoms with van der Waals surface area (Å²) in [5.41, 5.74) is 7.61. The zero-order valence-electron chi connectivity index (χ0n) is 33.2. The number of rotatable bonds is 13. The van der Waals surface area contributed by atoms with E-state index in [0.29, 0.717) is 18.0 Å². The van der Waals surface area contributed by atoms with Gasteiger partial charge < -0.3 is 35.1 Å². The Morgan fingerprint density at radius 1 is 1.02 bits per heavy atom. The number of amides is 2. The number of benzene rings is 3. The first kappa shape index (κ1) is 40.4. The van der Waals surface area contributed by atoms with Crippen molar-refractivity contribution in [1.29, 1.82) is 0 Å². The van der Waals surface area contributed by atoms with Gasteiger partial charge in [-0.2, -0.15) is 0 Å². The molecule has 57 heavy (non-hydrogen) atoms. The minimum atomic E-state index is -3.84. The van der Waals surface area contributed by atoms with Gasteiger partial charge in [-0.1, -0.05) is 18.6 Å². The summed E-state index contributed by atoms with van der Waals surface area (Å²) in [5, 5.41) is 3.14. The summed E-state index contributed by atoms with van der Waals surface area (Å²) in [5.74, 6) is 0.595. The molecule has 0 bridgehead atoms.